The molecule has 1 aromatic carbocycles. The molecular formula is C19H27NO6. The fourth-order valence-corrected chi connectivity index (χ4v) is 2.48. The highest BCUT2D eigenvalue weighted by atomic mass is 16.5. The van der Waals surface area contributed by atoms with Crippen molar-refractivity contribution in [2.45, 2.75) is 44.4 Å². The summed E-state index contributed by atoms with van der Waals surface area (Å²) in [6, 6.07) is 10.2. The minimum Gasteiger partial charge on any atom is -0.478 e. The normalized spacial score (nSPS) is 15.4. The predicted molar refractivity (Wildman–Crippen MR) is 96.8 cm³/mol. The summed E-state index contributed by atoms with van der Waals surface area (Å²) in [7, 11) is 0. The van der Waals surface area contributed by atoms with E-state index < -0.39 is 18.0 Å². The van der Waals surface area contributed by atoms with Crippen LogP contribution in [0.1, 0.15) is 31.2 Å². The van der Waals surface area contributed by atoms with Crippen LogP contribution in [0.4, 0.5) is 0 Å². The van der Waals surface area contributed by atoms with E-state index in [9.17, 15) is 14.7 Å². The fraction of sp³-hybridized carbons (Fsp3) is 0.474. The molecule has 1 aromatic rings. The second-order valence-corrected chi connectivity index (χ2v) is 6.02. The second kappa shape index (κ2) is 13.0. The van der Waals surface area contributed by atoms with Gasteiger partial charge < -0.3 is 25.4 Å². The lowest BCUT2D eigenvalue weighted by Gasteiger charge is -2.16. The Bertz CT molecular complexity index is 538. The Hall–Kier alpha value is -2.22. The Labute approximate surface area is 153 Å². The summed E-state index contributed by atoms with van der Waals surface area (Å²) in [4.78, 5) is 19.1. The van der Waals surface area contributed by atoms with Crippen molar-refractivity contribution in [3.63, 3.8) is 0 Å². The van der Waals surface area contributed by atoms with E-state index in [1.165, 1.54) is 18.4 Å². The van der Waals surface area contributed by atoms with E-state index in [2.05, 4.69) is 17.4 Å². The van der Waals surface area contributed by atoms with Crippen LogP contribution in [0.15, 0.2) is 42.5 Å². The molecule has 26 heavy (non-hydrogen) atoms. The summed E-state index contributed by atoms with van der Waals surface area (Å²) < 4.78 is 5.68. The molecule has 1 atom stereocenters. The third-order valence-electron chi connectivity index (χ3n) is 3.75. The molecule has 0 heterocycles. The van der Waals surface area contributed by atoms with Gasteiger partial charge in [0.25, 0.3) is 0 Å². The van der Waals surface area contributed by atoms with Gasteiger partial charge in [-0.1, -0.05) is 43.2 Å². The molecule has 0 saturated heterocycles. The molecule has 144 valence electrons. The number of hydrogen-bond acceptors (Lipinski definition) is 5. The lowest BCUT2D eigenvalue weighted by Crippen LogP contribution is -2.31. The molecule has 2 rings (SSSR count). The first kappa shape index (κ1) is 21.8. The van der Waals surface area contributed by atoms with Crippen LogP contribution in [0.5, 0.6) is 0 Å². The van der Waals surface area contributed by atoms with Gasteiger partial charge in [-0.2, -0.15) is 0 Å². The van der Waals surface area contributed by atoms with Gasteiger partial charge in [0.15, 0.2) is 0 Å². The molecule has 7 nitrogen and oxygen atoms in total. The Morgan fingerprint density at radius 3 is 2.23 bits per heavy atom. The van der Waals surface area contributed by atoms with Gasteiger partial charge in [0.2, 0.25) is 0 Å². The maximum atomic E-state index is 9.80. The van der Waals surface area contributed by atoms with Crippen molar-refractivity contribution in [2.75, 3.05) is 13.2 Å². The molecular weight excluding hydrogens is 338 g/mol. The maximum Gasteiger partial charge on any atom is 0.328 e. The number of hydrogen-bond donors (Lipinski definition) is 4. The maximum absolute atomic E-state index is 9.80. The molecule has 0 amide bonds. The topological polar surface area (TPSA) is 116 Å². The summed E-state index contributed by atoms with van der Waals surface area (Å²) in [5.41, 5.74) is 1.24. The van der Waals surface area contributed by atoms with Gasteiger partial charge in [-0.05, 0) is 18.4 Å². The molecule has 1 fully saturated rings. The van der Waals surface area contributed by atoms with E-state index in [4.69, 9.17) is 14.9 Å². The van der Waals surface area contributed by atoms with Gasteiger partial charge in [0, 0.05) is 25.2 Å². The standard InChI is InChI=1S/C15H23NO2.C4H4O4/c17-14(12-18-15-8-4-5-9-15)11-16-10-13-6-2-1-3-7-13;5-3(6)1-2-4(7)8/h1-3,6-7,14-17H,4-5,8-12H2;1-2H,(H,5,6)(H,7,8)/b;2-1+. The summed E-state index contributed by atoms with van der Waals surface area (Å²) in [5.74, 6) is -2.51. The zero-order chi connectivity index (χ0) is 19.2. The van der Waals surface area contributed by atoms with Gasteiger partial charge in [-0.25, -0.2) is 9.59 Å². The van der Waals surface area contributed by atoms with Crippen LogP contribution in [-0.2, 0) is 20.9 Å². The second-order valence-electron chi connectivity index (χ2n) is 6.02. The van der Waals surface area contributed by atoms with Crippen LogP contribution < -0.4 is 5.32 Å². The molecule has 0 spiro atoms. The van der Waals surface area contributed by atoms with E-state index in [0.29, 0.717) is 31.4 Å². The molecule has 1 saturated carbocycles. The van der Waals surface area contributed by atoms with Crippen molar-refractivity contribution in [1.82, 2.24) is 5.32 Å². The number of aliphatic hydroxyl groups excluding tert-OH is 1. The van der Waals surface area contributed by atoms with Crippen LogP contribution in [-0.4, -0.2) is 52.6 Å². The van der Waals surface area contributed by atoms with Crippen LogP contribution >= 0.6 is 0 Å². The number of aliphatic hydroxyl groups is 1. The third-order valence-corrected chi connectivity index (χ3v) is 3.75. The molecule has 1 unspecified atom stereocenters. The van der Waals surface area contributed by atoms with Gasteiger partial charge in [0.05, 0.1) is 18.8 Å². The molecule has 0 radical (unpaired) electrons. The summed E-state index contributed by atoms with van der Waals surface area (Å²) in [5, 5.41) is 28.7. The fourth-order valence-electron chi connectivity index (χ4n) is 2.48. The van der Waals surface area contributed by atoms with Crippen molar-refractivity contribution in [3.05, 3.63) is 48.0 Å². The predicted octanol–water partition coefficient (Wildman–Crippen LogP) is 1.81. The first-order valence-corrected chi connectivity index (χ1v) is 8.65. The highest BCUT2D eigenvalue weighted by molar-refractivity contribution is 5.89. The lowest BCUT2D eigenvalue weighted by molar-refractivity contribution is -0.134. The molecule has 4 N–H and O–H groups in total. The molecule has 1 aliphatic carbocycles. The molecule has 0 aliphatic heterocycles. The van der Waals surface area contributed by atoms with Crippen LogP contribution in [0.3, 0.4) is 0 Å². The Balaban J connectivity index is 0.000000359. The first-order chi connectivity index (χ1) is 12.5. The number of carboxylic acid groups (broad SMARTS) is 2. The van der Waals surface area contributed by atoms with Gasteiger partial charge in [-0.3, -0.25) is 0 Å². The Kier molecular flexibility index (Phi) is 10.9. The van der Waals surface area contributed by atoms with E-state index in [-0.39, 0.29) is 0 Å². The van der Waals surface area contributed by atoms with E-state index in [0.717, 1.165) is 19.4 Å². The summed E-state index contributed by atoms with van der Waals surface area (Å²) >= 11 is 0. The molecule has 7 heteroatoms. The minimum atomic E-state index is -1.26. The number of rotatable bonds is 9. The smallest absolute Gasteiger partial charge is 0.328 e. The average molecular weight is 365 g/mol. The van der Waals surface area contributed by atoms with Crippen LogP contribution in [0.25, 0.3) is 0 Å². The Morgan fingerprint density at radius 2 is 1.69 bits per heavy atom. The first-order valence-electron chi connectivity index (χ1n) is 8.65. The van der Waals surface area contributed by atoms with Crippen LogP contribution in [0.2, 0.25) is 0 Å². The van der Waals surface area contributed by atoms with Crippen LogP contribution in [0, 0.1) is 0 Å². The largest absolute Gasteiger partial charge is 0.478 e. The molecule has 0 aromatic heterocycles. The van der Waals surface area contributed by atoms with Crippen molar-refractivity contribution in [1.29, 1.82) is 0 Å². The van der Waals surface area contributed by atoms with Crippen molar-refractivity contribution >= 4 is 11.9 Å². The number of ether oxygens (including phenoxy) is 1. The van der Waals surface area contributed by atoms with Gasteiger partial charge >= 0.3 is 11.9 Å². The summed E-state index contributed by atoms with van der Waals surface area (Å²) in [6.45, 7) is 1.83. The zero-order valence-corrected chi connectivity index (χ0v) is 14.7. The number of benzene rings is 1. The highest BCUT2D eigenvalue weighted by Gasteiger charge is 2.16. The average Bonchev–Trinajstić information content (AvgIpc) is 3.13. The van der Waals surface area contributed by atoms with Gasteiger partial charge in [0.1, 0.15) is 0 Å². The highest BCUT2D eigenvalue weighted by Crippen LogP contribution is 2.20. The number of nitrogens with one attached hydrogen (secondary N) is 1. The molecule has 0 bridgehead atoms. The van der Waals surface area contributed by atoms with Gasteiger partial charge in [-0.15, -0.1) is 0 Å². The van der Waals surface area contributed by atoms with Crippen molar-refractivity contribution in [3.8, 4) is 0 Å². The van der Waals surface area contributed by atoms with E-state index >= 15 is 0 Å². The SMILES string of the molecule is O=C(O)/C=C/C(=O)O.OC(CNCc1ccccc1)COC1CCCC1. The summed E-state index contributed by atoms with van der Waals surface area (Å²) in [6.07, 6.45) is 5.95. The Morgan fingerprint density at radius 1 is 1.12 bits per heavy atom. The molecule has 1 aliphatic rings. The number of carbonyl (C=O) groups is 2. The quantitative estimate of drug-likeness (QED) is 0.493. The zero-order valence-electron chi connectivity index (χ0n) is 14.7. The third kappa shape index (κ3) is 11.4. The number of aliphatic carboxylic acids is 2. The van der Waals surface area contributed by atoms with Crippen molar-refractivity contribution < 1.29 is 29.6 Å². The van der Waals surface area contributed by atoms with Crippen molar-refractivity contribution in [2.24, 2.45) is 0 Å². The lowest BCUT2D eigenvalue weighted by atomic mass is 10.2. The number of carboxylic acids is 2. The minimum absolute atomic E-state index is 0.383. The van der Waals surface area contributed by atoms with E-state index in [1.807, 2.05) is 18.2 Å². The van der Waals surface area contributed by atoms with E-state index in [1.54, 1.807) is 0 Å². The monoisotopic (exact) mass is 365 g/mol.